The van der Waals surface area contributed by atoms with Crippen molar-refractivity contribution in [3.05, 3.63) is 82.9 Å². The predicted molar refractivity (Wildman–Crippen MR) is 188 cm³/mol. The number of halogens is 1. The Bertz CT molecular complexity index is 1740. The van der Waals surface area contributed by atoms with Gasteiger partial charge in [0.15, 0.2) is 18.0 Å². The molecule has 9 atom stereocenters. The Morgan fingerprint density at radius 1 is 1.02 bits per heavy atom. The van der Waals surface area contributed by atoms with Gasteiger partial charge in [-0.1, -0.05) is 61.1 Å². The number of methoxy groups -OCH3 is 1. The third-order valence-electron chi connectivity index (χ3n) is 10.6. The second kappa shape index (κ2) is 14.0. The SMILES string of the molecule is COc1ccc([Si](C)(C)[C@@H]2[C@@H](CCO)O[C@]3(C(=O)N(Cc4cccc(NC(=O)[C@H]5O[C@@H](O)[C@H](O)[C@@H](O)[C@@H]5O)c4)c4ccc(Cl)cc43)[C@H]2C)cc1. The van der Waals surface area contributed by atoms with Gasteiger partial charge in [-0.2, -0.15) is 0 Å². The van der Waals surface area contributed by atoms with Crippen LogP contribution in [0.2, 0.25) is 23.7 Å². The van der Waals surface area contributed by atoms with Crippen LogP contribution < -0.4 is 20.1 Å². The van der Waals surface area contributed by atoms with Crippen LogP contribution in [-0.2, 0) is 31.2 Å². The number of nitrogens with zero attached hydrogens (tertiary/aromatic N) is 1. The lowest BCUT2D eigenvalue weighted by atomic mass is 9.82. The summed E-state index contributed by atoms with van der Waals surface area (Å²) in [5, 5.41) is 54.4. The van der Waals surface area contributed by atoms with Crippen molar-refractivity contribution in [1.29, 1.82) is 0 Å². The number of anilines is 2. The highest BCUT2D eigenvalue weighted by Gasteiger charge is 2.66. The molecule has 2 saturated heterocycles. The molecule has 0 saturated carbocycles. The van der Waals surface area contributed by atoms with Crippen LogP contribution in [0.1, 0.15) is 24.5 Å². The van der Waals surface area contributed by atoms with Crippen molar-refractivity contribution < 1.29 is 49.3 Å². The summed E-state index contributed by atoms with van der Waals surface area (Å²) in [6.07, 6.45) is -8.88. The zero-order valence-electron chi connectivity index (χ0n) is 28.2. The van der Waals surface area contributed by atoms with E-state index in [0.29, 0.717) is 33.9 Å². The Kier molecular flexibility index (Phi) is 10.2. The maximum Gasteiger partial charge on any atom is 0.264 e. The molecule has 14 heteroatoms. The third kappa shape index (κ3) is 6.14. The zero-order valence-corrected chi connectivity index (χ0v) is 29.9. The van der Waals surface area contributed by atoms with Crippen LogP contribution in [0, 0.1) is 5.92 Å². The second-order valence-corrected chi connectivity index (χ2v) is 19.0. The van der Waals surface area contributed by atoms with Crippen molar-refractivity contribution in [1.82, 2.24) is 0 Å². The van der Waals surface area contributed by atoms with Gasteiger partial charge in [-0.15, -0.1) is 0 Å². The molecule has 0 aromatic heterocycles. The molecular weight excluding hydrogens is 684 g/mol. The summed E-state index contributed by atoms with van der Waals surface area (Å²) in [6, 6.07) is 20.1. The Balaban J connectivity index is 1.30. The summed E-state index contributed by atoms with van der Waals surface area (Å²) in [5.74, 6) is -0.617. The van der Waals surface area contributed by atoms with Gasteiger partial charge in [0.2, 0.25) is 0 Å². The fraction of sp³-hybridized carbons (Fsp3) is 0.444. The summed E-state index contributed by atoms with van der Waals surface area (Å²) in [4.78, 5) is 29.5. The third-order valence-corrected chi connectivity index (χ3v) is 15.2. The molecule has 50 heavy (non-hydrogen) atoms. The number of aliphatic hydroxyl groups is 5. The molecule has 6 rings (SSSR count). The minimum absolute atomic E-state index is 0.0483. The molecule has 2 amide bonds. The first-order valence-electron chi connectivity index (χ1n) is 16.6. The molecule has 0 unspecified atom stereocenters. The first kappa shape index (κ1) is 36.4. The summed E-state index contributed by atoms with van der Waals surface area (Å²) >= 11 is 6.56. The minimum Gasteiger partial charge on any atom is -0.497 e. The molecule has 12 nitrogen and oxygen atoms in total. The lowest BCUT2D eigenvalue weighted by Gasteiger charge is -2.37. The standard InChI is InChI=1S/C36H43ClN2O10Si/c1-19-32(50(3,4)24-11-9-23(47-2)10-12-24)27(14-15-40)49-36(19)25-17-21(37)8-13-26(25)39(35(36)46)18-20-6-5-7-22(16-20)38-33(44)31-29(42)28(41)30(43)34(45)48-31/h5-13,16-17,19,27-32,34,40-43,45H,14-15,18H2,1-4H3,(H,38,44)/t19-,27+,28-,29-,30+,31-,32-,34+,36+/m0/s1. The van der Waals surface area contributed by atoms with Crippen LogP contribution in [0.3, 0.4) is 0 Å². The van der Waals surface area contributed by atoms with E-state index in [1.165, 1.54) is 5.19 Å². The molecule has 268 valence electrons. The number of nitrogens with one attached hydrogen (secondary N) is 1. The van der Waals surface area contributed by atoms with Crippen LogP contribution in [0.5, 0.6) is 5.75 Å². The number of hydrogen-bond donors (Lipinski definition) is 6. The fourth-order valence-electron chi connectivity index (χ4n) is 8.06. The molecule has 3 heterocycles. The maximum absolute atomic E-state index is 14.9. The molecule has 3 aromatic rings. The Hall–Kier alpha value is -3.37. The van der Waals surface area contributed by atoms with Crippen molar-refractivity contribution in [2.45, 2.75) is 80.9 Å². The summed E-state index contributed by atoms with van der Waals surface area (Å²) in [7, 11) is -0.738. The van der Waals surface area contributed by atoms with E-state index < -0.39 is 56.4 Å². The van der Waals surface area contributed by atoms with Crippen LogP contribution in [0.25, 0.3) is 0 Å². The Morgan fingerprint density at radius 2 is 1.74 bits per heavy atom. The van der Waals surface area contributed by atoms with E-state index in [9.17, 15) is 35.1 Å². The maximum atomic E-state index is 14.9. The monoisotopic (exact) mass is 726 g/mol. The number of ether oxygens (including phenoxy) is 3. The fourth-order valence-corrected chi connectivity index (χ4v) is 12.3. The topological polar surface area (TPSA) is 178 Å². The van der Waals surface area contributed by atoms with Gasteiger partial charge in [0.25, 0.3) is 11.8 Å². The van der Waals surface area contributed by atoms with E-state index in [1.807, 2.05) is 12.1 Å². The largest absolute Gasteiger partial charge is 0.497 e. The Morgan fingerprint density at radius 3 is 2.42 bits per heavy atom. The van der Waals surface area contributed by atoms with Gasteiger partial charge >= 0.3 is 0 Å². The number of benzene rings is 3. The highest BCUT2D eigenvalue weighted by molar-refractivity contribution is 6.91. The molecule has 3 aromatic carbocycles. The van der Waals surface area contributed by atoms with E-state index in [-0.39, 0.29) is 30.5 Å². The smallest absolute Gasteiger partial charge is 0.264 e. The van der Waals surface area contributed by atoms with Crippen LogP contribution in [0.15, 0.2) is 66.7 Å². The zero-order chi connectivity index (χ0) is 36.1. The molecule has 1 spiro atoms. The highest BCUT2D eigenvalue weighted by atomic mass is 35.5. The van der Waals surface area contributed by atoms with E-state index in [1.54, 1.807) is 54.5 Å². The molecule has 6 N–H and O–H groups in total. The van der Waals surface area contributed by atoms with E-state index in [0.717, 1.165) is 5.75 Å². The van der Waals surface area contributed by atoms with Crippen LogP contribution >= 0.6 is 11.6 Å². The minimum atomic E-state index is -2.36. The number of fused-ring (bicyclic) bond motifs is 2. The molecule has 2 fully saturated rings. The van der Waals surface area contributed by atoms with Crippen molar-refractivity contribution in [2.24, 2.45) is 5.92 Å². The van der Waals surface area contributed by atoms with Gasteiger partial charge in [0.05, 0.1) is 33.5 Å². The number of amides is 2. The lowest BCUT2D eigenvalue weighted by molar-refractivity contribution is -0.274. The highest BCUT2D eigenvalue weighted by Crippen LogP contribution is 2.60. The Labute approximate surface area is 296 Å². The number of rotatable bonds is 9. The molecular formula is C36H43ClN2O10Si. The van der Waals surface area contributed by atoms with E-state index >= 15 is 0 Å². The first-order valence-corrected chi connectivity index (χ1v) is 20.0. The van der Waals surface area contributed by atoms with Gasteiger partial charge < -0.3 is 50.0 Å². The average Bonchev–Trinajstić information content (AvgIpc) is 3.51. The quantitative estimate of drug-likeness (QED) is 0.179. The average molecular weight is 727 g/mol. The molecule has 0 radical (unpaired) electrons. The normalized spacial score (nSPS) is 30.8. The molecule has 0 bridgehead atoms. The van der Waals surface area contributed by atoms with Gasteiger partial charge in [0, 0.05) is 28.8 Å². The summed E-state index contributed by atoms with van der Waals surface area (Å²) < 4.78 is 17.4. The number of aliphatic hydroxyl groups excluding tert-OH is 5. The van der Waals surface area contributed by atoms with E-state index in [4.69, 9.17) is 25.8 Å². The van der Waals surface area contributed by atoms with E-state index in [2.05, 4.69) is 37.5 Å². The lowest BCUT2D eigenvalue weighted by Crippen LogP contribution is -2.60. The van der Waals surface area contributed by atoms with Crippen molar-refractivity contribution in [3.63, 3.8) is 0 Å². The summed E-state index contributed by atoms with van der Waals surface area (Å²) in [6.45, 7) is 6.60. The van der Waals surface area contributed by atoms with Gasteiger partial charge in [-0.3, -0.25) is 9.59 Å². The number of carbonyl (C=O) groups excluding carboxylic acids is 2. The number of hydrogen-bond acceptors (Lipinski definition) is 10. The molecule has 0 aliphatic carbocycles. The first-order chi connectivity index (χ1) is 23.7. The van der Waals surface area contributed by atoms with Gasteiger partial charge in [-0.05, 0) is 60.0 Å². The second-order valence-electron chi connectivity index (χ2n) is 13.8. The van der Waals surface area contributed by atoms with Crippen LogP contribution in [0.4, 0.5) is 11.4 Å². The number of carbonyl (C=O) groups is 2. The van der Waals surface area contributed by atoms with Crippen LogP contribution in [-0.4, -0.2) is 95.9 Å². The summed E-state index contributed by atoms with van der Waals surface area (Å²) in [5.41, 5.74) is 0.892. The van der Waals surface area contributed by atoms with Crippen molar-refractivity contribution in [2.75, 3.05) is 23.9 Å². The van der Waals surface area contributed by atoms with Crippen molar-refractivity contribution >= 4 is 48.1 Å². The molecule has 3 aliphatic heterocycles. The van der Waals surface area contributed by atoms with Crippen molar-refractivity contribution in [3.8, 4) is 5.75 Å². The van der Waals surface area contributed by atoms with Gasteiger partial charge in [-0.25, -0.2) is 0 Å². The molecule has 3 aliphatic rings. The predicted octanol–water partition coefficient (Wildman–Crippen LogP) is 2.23. The van der Waals surface area contributed by atoms with Gasteiger partial charge in [0.1, 0.15) is 24.1 Å².